The lowest BCUT2D eigenvalue weighted by atomic mass is 9.75. The minimum Gasteiger partial charge on any atom is -0.280 e. The molecule has 1 saturated carbocycles. The van der Waals surface area contributed by atoms with Crippen LogP contribution in [0.25, 0.3) is 0 Å². The standard InChI is InChI=1S/C22H38N2/c1-20(2,3)16-17(23-15-13-11-10-12-14-15)19(22(7,8)9)24-18(16)21(4,5)6/h15H,10-14H2,1-9H3. The quantitative estimate of drug-likeness (QED) is 0.517. The number of hydrogen-bond acceptors (Lipinski definition) is 2. The maximum absolute atomic E-state index is 5.32. The van der Waals surface area contributed by atoms with Crippen LogP contribution in [0.2, 0.25) is 0 Å². The van der Waals surface area contributed by atoms with Crippen LogP contribution in [0.3, 0.4) is 0 Å². The zero-order valence-corrected chi connectivity index (χ0v) is 17.5. The Kier molecular flexibility index (Phi) is 5.19. The lowest BCUT2D eigenvalue weighted by molar-refractivity contribution is 0.440. The van der Waals surface area contributed by atoms with Gasteiger partial charge < -0.3 is 0 Å². The van der Waals surface area contributed by atoms with E-state index in [2.05, 4.69) is 62.3 Å². The molecule has 0 spiro atoms. The second-order valence-corrected chi connectivity index (χ2v) is 10.7. The van der Waals surface area contributed by atoms with Crippen molar-refractivity contribution in [2.45, 2.75) is 100 Å². The molecule has 0 saturated heterocycles. The monoisotopic (exact) mass is 330 g/mol. The van der Waals surface area contributed by atoms with E-state index in [9.17, 15) is 0 Å². The van der Waals surface area contributed by atoms with Crippen molar-refractivity contribution in [1.82, 2.24) is 0 Å². The summed E-state index contributed by atoms with van der Waals surface area (Å²) in [6, 6.07) is 0.484. The van der Waals surface area contributed by atoms with Crippen LogP contribution < -0.4 is 0 Å². The van der Waals surface area contributed by atoms with Gasteiger partial charge in [-0.2, -0.15) is 0 Å². The topological polar surface area (TPSA) is 24.7 Å². The molecular weight excluding hydrogens is 292 g/mol. The Hall–Kier alpha value is -0.920. The minimum absolute atomic E-state index is 0.0248. The maximum Gasteiger partial charge on any atom is 0.0853 e. The Bertz CT molecular complexity index is 563. The van der Waals surface area contributed by atoms with E-state index in [-0.39, 0.29) is 16.2 Å². The largest absolute Gasteiger partial charge is 0.280 e. The number of hydrogen-bond donors (Lipinski definition) is 0. The molecule has 0 bridgehead atoms. The van der Waals surface area contributed by atoms with E-state index in [1.807, 2.05) is 0 Å². The van der Waals surface area contributed by atoms with Crippen molar-refractivity contribution in [3.05, 3.63) is 11.3 Å². The average molecular weight is 331 g/mol. The van der Waals surface area contributed by atoms with Crippen LogP contribution in [0, 0.1) is 16.2 Å². The Labute approximate surface area is 149 Å². The maximum atomic E-state index is 5.32. The van der Waals surface area contributed by atoms with E-state index in [0.29, 0.717) is 6.04 Å². The Morgan fingerprint density at radius 3 is 1.71 bits per heavy atom. The van der Waals surface area contributed by atoms with E-state index in [1.165, 1.54) is 54.8 Å². The SMILES string of the molecule is CC(C)(C)C1=NC(C(C)(C)C)=C(C(C)(C)C)C1=NC1CCCCC1. The van der Waals surface area contributed by atoms with E-state index < -0.39 is 0 Å². The summed E-state index contributed by atoms with van der Waals surface area (Å²) in [5, 5.41) is 0. The van der Waals surface area contributed by atoms with Crippen molar-refractivity contribution in [3.63, 3.8) is 0 Å². The fourth-order valence-electron chi connectivity index (χ4n) is 3.75. The van der Waals surface area contributed by atoms with Crippen LogP contribution in [0.5, 0.6) is 0 Å². The molecule has 0 aromatic rings. The first-order chi connectivity index (χ1) is 10.8. The van der Waals surface area contributed by atoms with Gasteiger partial charge in [-0.05, 0) is 18.3 Å². The van der Waals surface area contributed by atoms with Crippen LogP contribution in [-0.4, -0.2) is 17.5 Å². The highest BCUT2D eigenvalue weighted by Crippen LogP contribution is 2.44. The Morgan fingerprint density at radius 2 is 1.29 bits per heavy atom. The molecule has 1 fully saturated rings. The van der Waals surface area contributed by atoms with Crippen molar-refractivity contribution in [2.24, 2.45) is 26.2 Å². The Balaban J connectivity index is 2.61. The molecule has 2 nitrogen and oxygen atoms in total. The molecule has 2 heteroatoms. The summed E-state index contributed by atoms with van der Waals surface area (Å²) in [6.45, 7) is 20.6. The van der Waals surface area contributed by atoms with Gasteiger partial charge in [0.2, 0.25) is 0 Å². The predicted molar refractivity (Wildman–Crippen MR) is 107 cm³/mol. The molecule has 0 unspecified atom stereocenters. The smallest absolute Gasteiger partial charge is 0.0853 e. The highest BCUT2D eigenvalue weighted by molar-refractivity contribution is 6.52. The zero-order chi connectivity index (χ0) is 18.3. The molecule has 1 heterocycles. The van der Waals surface area contributed by atoms with Gasteiger partial charge in [0.25, 0.3) is 0 Å². The molecule has 0 atom stereocenters. The first-order valence-corrected chi connectivity index (χ1v) is 9.75. The van der Waals surface area contributed by atoms with Crippen LogP contribution in [0.1, 0.15) is 94.4 Å². The third-order valence-corrected chi connectivity index (χ3v) is 4.98. The summed E-state index contributed by atoms with van der Waals surface area (Å²) >= 11 is 0. The summed E-state index contributed by atoms with van der Waals surface area (Å²) in [5.74, 6) is 0. The van der Waals surface area contributed by atoms with E-state index >= 15 is 0 Å². The molecule has 136 valence electrons. The van der Waals surface area contributed by atoms with Gasteiger partial charge in [-0.15, -0.1) is 0 Å². The van der Waals surface area contributed by atoms with Crippen LogP contribution >= 0.6 is 0 Å². The van der Waals surface area contributed by atoms with Gasteiger partial charge in [0.05, 0.1) is 23.2 Å². The zero-order valence-electron chi connectivity index (χ0n) is 17.5. The van der Waals surface area contributed by atoms with Crippen molar-refractivity contribution in [2.75, 3.05) is 0 Å². The lowest BCUT2D eigenvalue weighted by Gasteiger charge is -2.30. The molecule has 0 aromatic carbocycles. The van der Waals surface area contributed by atoms with Gasteiger partial charge in [-0.1, -0.05) is 81.6 Å². The van der Waals surface area contributed by atoms with Crippen molar-refractivity contribution in [1.29, 1.82) is 0 Å². The summed E-state index contributed by atoms with van der Waals surface area (Å²) in [5.41, 5.74) is 5.17. The third-order valence-electron chi connectivity index (χ3n) is 4.98. The fourth-order valence-corrected chi connectivity index (χ4v) is 3.75. The number of aliphatic imine (C=N–C) groups is 2. The van der Waals surface area contributed by atoms with Crippen LogP contribution in [0.15, 0.2) is 21.3 Å². The summed E-state index contributed by atoms with van der Waals surface area (Å²) in [4.78, 5) is 10.5. The van der Waals surface area contributed by atoms with Crippen LogP contribution in [0.4, 0.5) is 0 Å². The minimum atomic E-state index is 0.0248. The average Bonchev–Trinajstić information content (AvgIpc) is 2.79. The van der Waals surface area contributed by atoms with Gasteiger partial charge in [0.15, 0.2) is 0 Å². The fraction of sp³-hybridized carbons (Fsp3) is 0.818. The number of allylic oxidation sites excluding steroid dienone is 2. The van der Waals surface area contributed by atoms with Gasteiger partial charge in [-0.3, -0.25) is 9.98 Å². The molecule has 1 aliphatic heterocycles. The second kappa shape index (κ2) is 6.42. The molecule has 0 amide bonds. The summed E-state index contributed by atoms with van der Waals surface area (Å²) < 4.78 is 0. The van der Waals surface area contributed by atoms with E-state index in [1.54, 1.807) is 0 Å². The molecular formula is C22H38N2. The lowest BCUT2D eigenvalue weighted by Crippen LogP contribution is -2.32. The van der Waals surface area contributed by atoms with Gasteiger partial charge in [0.1, 0.15) is 0 Å². The van der Waals surface area contributed by atoms with Crippen molar-refractivity contribution in [3.8, 4) is 0 Å². The normalized spacial score (nSPS) is 23.2. The van der Waals surface area contributed by atoms with Gasteiger partial charge >= 0.3 is 0 Å². The van der Waals surface area contributed by atoms with Gasteiger partial charge in [-0.25, -0.2) is 0 Å². The van der Waals surface area contributed by atoms with Crippen molar-refractivity contribution < 1.29 is 0 Å². The first kappa shape index (κ1) is 19.4. The molecule has 0 radical (unpaired) electrons. The Morgan fingerprint density at radius 1 is 0.750 bits per heavy atom. The highest BCUT2D eigenvalue weighted by Gasteiger charge is 2.41. The highest BCUT2D eigenvalue weighted by atomic mass is 14.9. The predicted octanol–water partition coefficient (Wildman–Crippen LogP) is 6.61. The molecule has 0 N–H and O–H groups in total. The van der Waals surface area contributed by atoms with Gasteiger partial charge in [0, 0.05) is 16.4 Å². The van der Waals surface area contributed by atoms with Crippen molar-refractivity contribution >= 4 is 11.4 Å². The summed E-state index contributed by atoms with van der Waals surface area (Å²) in [6.07, 6.45) is 6.50. The third kappa shape index (κ3) is 4.18. The first-order valence-electron chi connectivity index (χ1n) is 9.75. The molecule has 2 rings (SSSR count). The molecule has 2 aliphatic rings. The molecule has 24 heavy (non-hydrogen) atoms. The number of nitrogens with zero attached hydrogens (tertiary/aromatic N) is 2. The number of rotatable bonds is 1. The second-order valence-electron chi connectivity index (χ2n) is 10.7. The molecule has 0 aromatic heterocycles. The molecule has 1 aliphatic carbocycles. The van der Waals surface area contributed by atoms with E-state index in [0.717, 1.165) is 0 Å². The van der Waals surface area contributed by atoms with E-state index in [4.69, 9.17) is 9.98 Å². The summed E-state index contributed by atoms with van der Waals surface area (Å²) in [7, 11) is 0. The van der Waals surface area contributed by atoms with Crippen LogP contribution in [-0.2, 0) is 0 Å².